The Balaban J connectivity index is 1.34. The van der Waals surface area contributed by atoms with Crippen LogP contribution in [0.4, 0.5) is 0 Å². The lowest BCUT2D eigenvalue weighted by Gasteiger charge is -2.20. The predicted octanol–water partition coefficient (Wildman–Crippen LogP) is 3.52. The number of para-hydroxylation sites is 3. The molecule has 1 saturated heterocycles. The molecule has 0 saturated carbocycles. The van der Waals surface area contributed by atoms with Gasteiger partial charge >= 0.3 is 0 Å². The molecule has 1 N–H and O–H groups in total. The van der Waals surface area contributed by atoms with Gasteiger partial charge in [0.2, 0.25) is 11.8 Å². The van der Waals surface area contributed by atoms with E-state index < -0.39 is 0 Å². The molecule has 0 aliphatic carbocycles. The summed E-state index contributed by atoms with van der Waals surface area (Å²) in [6, 6.07) is 17.4. The lowest BCUT2D eigenvalue weighted by Crippen LogP contribution is -2.34. The van der Waals surface area contributed by atoms with Gasteiger partial charge in [0.15, 0.2) is 0 Å². The summed E-state index contributed by atoms with van der Waals surface area (Å²) >= 11 is 0. The Hall–Kier alpha value is -3.35. The van der Waals surface area contributed by atoms with Crippen LogP contribution in [0.2, 0.25) is 0 Å². The average molecular weight is 435 g/mol. The molecule has 2 aromatic carbocycles. The van der Waals surface area contributed by atoms with Crippen molar-refractivity contribution in [1.82, 2.24) is 19.8 Å². The maximum absolute atomic E-state index is 12.7. The maximum atomic E-state index is 12.7. The first kappa shape index (κ1) is 21.9. The Bertz CT molecular complexity index is 1050. The fraction of sp³-hybridized carbons (Fsp3) is 0.400. The van der Waals surface area contributed by atoms with Crippen molar-refractivity contribution >= 4 is 22.8 Å². The van der Waals surface area contributed by atoms with Gasteiger partial charge in [0, 0.05) is 26.1 Å². The van der Waals surface area contributed by atoms with Crippen molar-refractivity contribution in [3.05, 3.63) is 60.4 Å². The summed E-state index contributed by atoms with van der Waals surface area (Å²) in [6.45, 7) is 2.53. The summed E-state index contributed by atoms with van der Waals surface area (Å²) in [5.41, 5.74) is 1.75. The highest BCUT2D eigenvalue weighted by Gasteiger charge is 2.17. The molecule has 7 nitrogen and oxygen atoms in total. The number of likely N-dealkylation sites (tertiary alicyclic amines) is 1. The SMILES string of the molecule is O=C(Cn1c(COc2ccccc2)nc2ccccc21)NCCCN1CCCCCC1=O. The van der Waals surface area contributed by atoms with E-state index in [1.54, 1.807) is 0 Å². The van der Waals surface area contributed by atoms with Gasteiger partial charge in [-0.25, -0.2) is 4.98 Å². The van der Waals surface area contributed by atoms with E-state index in [-0.39, 0.29) is 25.0 Å². The van der Waals surface area contributed by atoms with E-state index in [0.29, 0.717) is 25.3 Å². The number of hydrogen-bond donors (Lipinski definition) is 1. The number of aromatic nitrogens is 2. The summed E-state index contributed by atoms with van der Waals surface area (Å²) in [7, 11) is 0. The molecule has 1 aliphatic heterocycles. The maximum Gasteiger partial charge on any atom is 0.240 e. The van der Waals surface area contributed by atoms with Crippen molar-refractivity contribution in [3.63, 3.8) is 0 Å². The van der Waals surface area contributed by atoms with Crippen LogP contribution in [0.25, 0.3) is 11.0 Å². The number of imidazole rings is 1. The number of ether oxygens (including phenoxy) is 1. The summed E-state index contributed by atoms with van der Waals surface area (Å²) in [6.07, 6.45) is 4.58. The minimum absolute atomic E-state index is 0.0729. The van der Waals surface area contributed by atoms with E-state index >= 15 is 0 Å². The Morgan fingerprint density at radius 3 is 2.72 bits per heavy atom. The summed E-state index contributed by atoms with van der Waals surface area (Å²) in [5.74, 6) is 1.64. The van der Waals surface area contributed by atoms with Crippen molar-refractivity contribution in [3.8, 4) is 5.75 Å². The zero-order valence-corrected chi connectivity index (χ0v) is 18.3. The van der Waals surface area contributed by atoms with Gasteiger partial charge in [-0.2, -0.15) is 0 Å². The van der Waals surface area contributed by atoms with Gasteiger partial charge in [-0.3, -0.25) is 9.59 Å². The van der Waals surface area contributed by atoms with Crippen LogP contribution >= 0.6 is 0 Å². The summed E-state index contributed by atoms with van der Waals surface area (Å²) in [5, 5.41) is 2.99. The zero-order chi connectivity index (χ0) is 22.2. The van der Waals surface area contributed by atoms with Crippen LogP contribution < -0.4 is 10.1 Å². The van der Waals surface area contributed by atoms with Gasteiger partial charge in [-0.15, -0.1) is 0 Å². The third kappa shape index (κ3) is 5.66. The number of fused-ring (bicyclic) bond motifs is 1. The number of benzene rings is 2. The molecule has 3 aromatic rings. The third-order valence-corrected chi connectivity index (χ3v) is 5.74. The Morgan fingerprint density at radius 1 is 1.03 bits per heavy atom. The van der Waals surface area contributed by atoms with E-state index in [4.69, 9.17) is 4.74 Å². The van der Waals surface area contributed by atoms with Gasteiger partial charge in [0.1, 0.15) is 24.7 Å². The molecule has 1 aliphatic rings. The zero-order valence-electron chi connectivity index (χ0n) is 18.3. The number of rotatable bonds is 9. The van der Waals surface area contributed by atoms with Crippen molar-refractivity contribution in [2.75, 3.05) is 19.6 Å². The molecule has 0 unspecified atom stereocenters. The first-order valence-corrected chi connectivity index (χ1v) is 11.4. The van der Waals surface area contributed by atoms with Crippen molar-refractivity contribution in [1.29, 1.82) is 0 Å². The van der Waals surface area contributed by atoms with Crippen LogP contribution in [0.15, 0.2) is 54.6 Å². The second-order valence-corrected chi connectivity index (χ2v) is 8.10. The molecule has 0 atom stereocenters. The smallest absolute Gasteiger partial charge is 0.240 e. The van der Waals surface area contributed by atoms with Crippen LogP contribution in [-0.4, -0.2) is 45.9 Å². The van der Waals surface area contributed by atoms with E-state index in [2.05, 4.69) is 10.3 Å². The number of nitrogens with one attached hydrogen (secondary N) is 1. The second-order valence-electron chi connectivity index (χ2n) is 8.10. The van der Waals surface area contributed by atoms with E-state index in [9.17, 15) is 9.59 Å². The molecule has 168 valence electrons. The topological polar surface area (TPSA) is 76.5 Å². The minimum Gasteiger partial charge on any atom is -0.486 e. The van der Waals surface area contributed by atoms with Gasteiger partial charge in [0.25, 0.3) is 0 Å². The summed E-state index contributed by atoms with van der Waals surface area (Å²) < 4.78 is 7.79. The van der Waals surface area contributed by atoms with E-state index in [1.807, 2.05) is 64.1 Å². The fourth-order valence-corrected chi connectivity index (χ4v) is 4.05. The Morgan fingerprint density at radius 2 is 1.84 bits per heavy atom. The van der Waals surface area contributed by atoms with Crippen LogP contribution in [0.3, 0.4) is 0 Å². The van der Waals surface area contributed by atoms with Crippen molar-refractivity contribution in [2.24, 2.45) is 0 Å². The largest absolute Gasteiger partial charge is 0.486 e. The van der Waals surface area contributed by atoms with Gasteiger partial charge in [-0.1, -0.05) is 36.8 Å². The number of carbonyl (C=O) groups is 2. The molecule has 32 heavy (non-hydrogen) atoms. The number of carbonyl (C=O) groups excluding carboxylic acids is 2. The van der Waals surface area contributed by atoms with Crippen LogP contribution in [-0.2, 0) is 22.7 Å². The lowest BCUT2D eigenvalue weighted by molar-refractivity contribution is -0.130. The van der Waals surface area contributed by atoms with E-state index in [1.165, 1.54) is 0 Å². The molecule has 0 spiro atoms. The highest BCUT2D eigenvalue weighted by molar-refractivity contribution is 5.81. The molecule has 2 amide bonds. The highest BCUT2D eigenvalue weighted by atomic mass is 16.5. The normalized spacial score (nSPS) is 14.4. The number of nitrogens with zero attached hydrogens (tertiary/aromatic N) is 3. The average Bonchev–Trinajstić information content (AvgIpc) is 3.02. The molecular weight excluding hydrogens is 404 g/mol. The first-order valence-electron chi connectivity index (χ1n) is 11.4. The Labute approximate surface area is 188 Å². The third-order valence-electron chi connectivity index (χ3n) is 5.74. The quantitative estimate of drug-likeness (QED) is 0.523. The summed E-state index contributed by atoms with van der Waals surface area (Å²) in [4.78, 5) is 31.4. The van der Waals surface area contributed by atoms with Crippen molar-refractivity contribution < 1.29 is 14.3 Å². The standard InChI is InChI=1S/C25H30N4O3/c30-24(26-15-9-17-28-16-8-2-5-14-25(28)31)18-29-22-13-7-6-12-21(22)27-23(29)19-32-20-10-3-1-4-11-20/h1,3-4,6-7,10-13H,2,5,8-9,14-19H2,(H,26,30). The Kier molecular flexibility index (Phi) is 7.38. The highest BCUT2D eigenvalue weighted by Crippen LogP contribution is 2.18. The second kappa shape index (κ2) is 10.8. The van der Waals surface area contributed by atoms with Crippen LogP contribution in [0.1, 0.15) is 37.9 Å². The minimum atomic E-state index is -0.0729. The fourth-order valence-electron chi connectivity index (χ4n) is 4.05. The monoisotopic (exact) mass is 434 g/mol. The molecule has 1 aromatic heterocycles. The molecule has 0 bridgehead atoms. The van der Waals surface area contributed by atoms with Gasteiger partial charge in [0.05, 0.1) is 11.0 Å². The predicted molar refractivity (Wildman–Crippen MR) is 123 cm³/mol. The number of amides is 2. The molecule has 2 heterocycles. The van der Waals surface area contributed by atoms with Crippen LogP contribution in [0.5, 0.6) is 5.75 Å². The molecule has 0 radical (unpaired) electrons. The molecule has 7 heteroatoms. The molecule has 1 fully saturated rings. The van der Waals surface area contributed by atoms with Gasteiger partial charge in [-0.05, 0) is 43.5 Å². The molecule has 4 rings (SSSR count). The van der Waals surface area contributed by atoms with Crippen LogP contribution in [0, 0.1) is 0 Å². The molecular formula is C25H30N4O3. The van der Waals surface area contributed by atoms with Crippen molar-refractivity contribution in [2.45, 2.75) is 45.3 Å². The first-order chi connectivity index (χ1) is 15.7. The number of hydrogen-bond acceptors (Lipinski definition) is 4. The van der Waals surface area contributed by atoms with Gasteiger partial charge < -0.3 is 19.5 Å². The lowest BCUT2D eigenvalue weighted by atomic mass is 10.2. The van der Waals surface area contributed by atoms with E-state index in [0.717, 1.165) is 49.0 Å².